The number of benzene rings is 3. The Bertz CT molecular complexity index is 1420. The fraction of sp³-hybridized carbons (Fsp3) is 0.250. The maximum atomic E-state index is 13.8. The van der Waals surface area contributed by atoms with Gasteiger partial charge in [0.15, 0.2) is 0 Å². The van der Waals surface area contributed by atoms with Crippen molar-refractivity contribution in [2.24, 2.45) is 0 Å². The fourth-order valence-electron chi connectivity index (χ4n) is 4.18. The van der Waals surface area contributed by atoms with E-state index in [0.29, 0.717) is 58.3 Å². The van der Waals surface area contributed by atoms with Crippen molar-refractivity contribution in [3.8, 4) is 11.4 Å². The molecule has 4 aromatic rings. The van der Waals surface area contributed by atoms with E-state index in [4.69, 9.17) is 26.1 Å². The molecule has 36 heavy (non-hydrogen) atoms. The van der Waals surface area contributed by atoms with Gasteiger partial charge >= 0.3 is 0 Å². The molecular weight excluding hydrogens is 478 g/mol. The summed E-state index contributed by atoms with van der Waals surface area (Å²) >= 11 is 6.11. The third kappa shape index (κ3) is 5.27. The van der Waals surface area contributed by atoms with Gasteiger partial charge in [-0.1, -0.05) is 29.8 Å². The highest BCUT2D eigenvalue weighted by Crippen LogP contribution is 2.26. The zero-order valence-electron chi connectivity index (χ0n) is 20.5. The second-order valence-corrected chi connectivity index (χ2v) is 8.79. The minimum absolute atomic E-state index is 0.192. The second kappa shape index (κ2) is 11.4. The second-order valence-electron chi connectivity index (χ2n) is 8.36. The van der Waals surface area contributed by atoms with Gasteiger partial charge in [0.2, 0.25) is 0 Å². The molecule has 0 aliphatic rings. The van der Waals surface area contributed by atoms with Crippen LogP contribution in [-0.2, 0) is 4.74 Å². The molecule has 1 unspecified atom stereocenters. The summed E-state index contributed by atoms with van der Waals surface area (Å²) < 4.78 is 12.1. The van der Waals surface area contributed by atoms with Crippen LogP contribution >= 0.6 is 11.6 Å². The van der Waals surface area contributed by atoms with Crippen LogP contribution in [0.15, 0.2) is 77.6 Å². The van der Waals surface area contributed by atoms with Crippen LogP contribution < -0.4 is 10.3 Å². The van der Waals surface area contributed by atoms with E-state index in [2.05, 4.69) is 0 Å². The van der Waals surface area contributed by atoms with E-state index in [9.17, 15) is 9.59 Å². The number of hydrogen-bond acceptors (Lipinski definition) is 5. The van der Waals surface area contributed by atoms with Gasteiger partial charge in [-0.05, 0) is 67.9 Å². The SMILES string of the molecule is COCCCN(C(=O)c1cccc(OC)c1)C(C)c1nc2ccccc2c(=O)n1-c1ccc(Cl)cc1. The van der Waals surface area contributed by atoms with Gasteiger partial charge in [0, 0.05) is 30.8 Å². The topological polar surface area (TPSA) is 73.7 Å². The van der Waals surface area contributed by atoms with Crippen molar-refractivity contribution in [3.63, 3.8) is 0 Å². The highest BCUT2D eigenvalue weighted by Gasteiger charge is 2.27. The maximum Gasteiger partial charge on any atom is 0.266 e. The normalized spacial score (nSPS) is 11.9. The van der Waals surface area contributed by atoms with E-state index in [-0.39, 0.29) is 11.5 Å². The van der Waals surface area contributed by atoms with Gasteiger partial charge in [-0.25, -0.2) is 4.98 Å². The third-order valence-corrected chi connectivity index (χ3v) is 6.30. The first-order valence-corrected chi connectivity index (χ1v) is 12.0. The molecule has 0 saturated heterocycles. The Morgan fingerprint density at radius 1 is 1.06 bits per heavy atom. The van der Waals surface area contributed by atoms with Gasteiger partial charge in [0.25, 0.3) is 11.5 Å². The Morgan fingerprint density at radius 3 is 2.53 bits per heavy atom. The summed E-state index contributed by atoms with van der Waals surface area (Å²) in [6.07, 6.45) is 0.620. The molecule has 8 heteroatoms. The summed E-state index contributed by atoms with van der Waals surface area (Å²) in [6, 6.07) is 20.7. The lowest BCUT2D eigenvalue weighted by atomic mass is 10.1. The standard InChI is InChI=1S/C28H28ClN3O4/c1-19(31(16-7-17-35-2)27(33)20-8-6-9-23(18-20)36-3)26-30-25-11-5-4-10-24(25)28(34)32(26)22-14-12-21(29)13-15-22/h4-6,8-15,18-19H,7,16-17H2,1-3H3. The van der Waals surface area contributed by atoms with Gasteiger partial charge in [-0.15, -0.1) is 0 Å². The molecule has 0 bridgehead atoms. The summed E-state index contributed by atoms with van der Waals surface area (Å²) in [4.78, 5) is 34.0. The van der Waals surface area contributed by atoms with Crippen molar-refractivity contribution in [1.82, 2.24) is 14.5 Å². The third-order valence-electron chi connectivity index (χ3n) is 6.05. The largest absolute Gasteiger partial charge is 0.497 e. The molecule has 0 N–H and O–H groups in total. The summed E-state index contributed by atoms with van der Waals surface area (Å²) in [6.45, 7) is 2.78. The first-order valence-electron chi connectivity index (χ1n) is 11.7. The van der Waals surface area contributed by atoms with E-state index in [1.807, 2.05) is 19.1 Å². The van der Waals surface area contributed by atoms with E-state index >= 15 is 0 Å². The van der Waals surface area contributed by atoms with Crippen molar-refractivity contribution in [1.29, 1.82) is 0 Å². The van der Waals surface area contributed by atoms with Crippen LogP contribution in [0.5, 0.6) is 5.75 Å². The lowest BCUT2D eigenvalue weighted by molar-refractivity contribution is 0.0657. The van der Waals surface area contributed by atoms with E-state index in [1.165, 1.54) is 0 Å². The molecule has 0 aliphatic heterocycles. The van der Waals surface area contributed by atoms with Gasteiger partial charge in [0.05, 0.1) is 29.7 Å². The van der Waals surface area contributed by atoms with Crippen molar-refractivity contribution in [2.45, 2.75) is 19.4 Å². The summed E-state index contributed by atoms with van der Waals surface area (Å²) in [5.74, 6) is 0.851. The molecule has 0 radical (unpaired) electrons. The predicted octanol–water partition coefficient (Wildman–Crippen LogP) is 5.29. The highest BCUT2D eigenvalue weighted by molar-refractivity contribution is 6.30. The first kappa shape index (κ1) is 25.4. The lowest BCUT2D eigenvalue weighted by Crippen LogP contribution is -2.38. The van der Waals surface area contributed by atoms with Gasteiger partial charge in [-0.2, -0.15) is 0 Å². The molecule has 4 rings (SSSR count). The number of ether oxygens (including phenoxy) is 2. The Labute approximate surface area is 214 Å². The van der Waals surface area contributed by atoms with Crippen LogP contribution in [-0.4, -0.2) is 47.7 Å². The van der Waals surface area contributed by atoms with Crippen LogP contribution in [0, 0.1) is 0 Å². The summed E-state index contributed by atoms with van der Waals surface area (Å²) in [5.41, 5.74) is 1.46. The zero-order chi connectivity index (χ0) is 25.7. The molecule has 1 aromatic heterocycles. The van der Waals surface area contributed by atoms with Gasteiger partial charge < -0.3 is 14.4 Å². The quantitative estimate of drug-likeness (QED) is 0.289. The molecular formula is C28H28ClN3O4. The molecule has 1 amide bonds. The Kier molecular flexibility index (Phi) is 8.03. The fourth-order valence-corrected chi connectivity index (χ4v) is 4.31. The minimum atomic E-state index is -0.534. The molecule has 7 nitrogen and oxygen atoms in total. The van der Waals surface area contributed by atoms with Crippen LogP contribution in [0.3, 0.4) is 0 Å². The van der Waals surface area contributed by atoms with E-state index in [1.54, 1.807) is 84.4 Å². The van der Waals surface area contributed by atoms with Crippen molar-refractivity contribution < 1.29 is 14.3 Å². The van der Waals surface area contributed by atoms with Crippen molar-refractivity contribution in [2.75, 3.05) is 27.4 Å². The number of nitrogens with zero attached hydrogens (tertiary/aromatic N) is 3. The number of rotatable bonds is 9. The van der Waals surface area contributed by atoms with Crippen LogP contribution in [0.1, 0.15) is 35.6 Å². The Hall–Kier alpha value is -3.68. The number of fused-ring (bicyclic) bond motifs is 1. The summed E-state index contributed by atoms with van der Waals surface area (Å²) in [7, 11) is 3.19. The molecule has 0 fully saturated rings. The smallest absolute Gasteiger partial charge is 0.266 e. The van der Waals surface area contributed by atoms with Crippen LogP contribution in [0.2, 0.25) is 5.02 Å². The predicted molar refractivity (Wildman–Crippen MR) is 141 cm³/mol. The number of methoxy groups -OCH3 is 2. The molecule has 1 atom stereocenters. The average molecular weight is 506 g/mol. The number of halogens is 1. The number of carbonyl (C=O) groups is 1. The molecule has 1 heterocycles. The number of aromatic nitrogens is 2. The monoisotopic (exact) mass is 505 g/mol. The average Bonchev–Trinajstić information content (AvgIpc) is 2.91. The van der Waals surface area contributed by atoms with E-state index in [0.717, 1.165) is 0 Å². The maximum absolute atomic E-state index is 13.8. The lowest BCUT2D eigenvalue weighted by Gasteiger charge is -2.31. The Morgan fingerprint density at radius 2 is 1.81 bits per heavy atom. The molecule has 3 aromatic carbocycles. The number of carbonyl (C=O) groups excluding carboxylic acids is 1. The van der Waals surface area contributed by atoms with Crippen LogP contribution in [0.4, 0.5) is 0 Å². The van der Waals surface area contributed by atoms with Gasteiger partial charge in [0.1, 0.15) is 11.6 Å². The van der Waals surface area contributed by atoms with Gasteiger partial charge in [-0.3, -0.25) is 14.2 Å². The van der Waals surface area contributed by atoms with Crippen LogP contribution in [0.25, 0.3) is 16.6 Å². The number of amides is 1. The molecule has 186 valence electrons. The van der Waals surface area contributed by atoms with Crippen molar-refractivity contribution >= 4 is 28.4 Å². The zero-order valence-corrected chi connectivity index (χ0v) is 21.2. The highest BCUT2D eigenvalue weighted by atomic mass is 35.5. The first-order chi connectivity index (χ1) is 17.4. The summed E-state index contributed by atoms with van der Waals surface area (Å²) in [5, 5.41) is 1.05. The molecule has 0 saturated carbocycles. The molecule has 0 spiro atoms. The van der Waals surface area contributed by atoms with Crippen molar-refractivity contribution in [3.05, 3.63) is 99.6 Å². The molecule has 0 aliphatic carbocycles. The number of hydrogen-bond donors (Lipinski definition) is 0. The Balaban J connectivity index is 1.87. The minimum Gasteiger partial charge on any atom is -0.497 e. The number of para-hydroxylation sites is 1. The van der Waals surface area contributed by atoms with E-state index < -0.39 is 6.04 Å².